The van der Waals surface area contributed by atoms with Crippen molar-refractivity contribution in [2.24, 2.45) is 0 Å². The third-order valence-electron chi connectivity index (χ3n) is 4.03. The number of amides is 2. The molecule has 0 bridgehead atoms. The SMILES string of the molecule is COC(=O)[C@H](Cc1ccc(NC(=O)OC(C)(C)C)cc1)NC(=O)OCc1ccccc1. The maximum atomic E-state index is 12.1. The molecule has 0 aliphatic carbocycles. The van der Waals surface area contributed by atoms with Gasteiger partial charge in [-0.3, -0.25) is 5.32 Å². The van der Waals surface area contributed by atoms with Crippen molar-refractivity contribution >= 4 is 23.8 Å². The fraction of sp³-hybridized carbons (Fsp3) is 0.348. The number of carbonyl (C=O) groups is 3. The van der Waals surface area contributed by atoms with Crippen molar-refractivity contribution in [3.8, 4) is 0 Å². The van der Waals surface area contributed by atoms with Crippen LogP contribution in [0.15, 0.2) is 54.6 Å². The highest BCUT2D eigenvalue weighted by molar-refractivity contribution is 5.85. The van der Waals surface area contributed by atoms with Crippen molar-refractivity contribution in [1.82, 2.24) is 5.32 Å². The van der Waals surface area contributed by atoms with E-state index in [2.05, 4.69) is 10.6 Å². The van der Waals surface area contributed by atoms with Gasteiger partial charge in [-0.05, 0) is 44.0 Å². The molecule has 8 nitrogen and oxygen atoms in total. The van der Waals surface area contributed by atoms with Crippen LogP contribution in [0.4, 0.5) is 15.3 Å². The molecule has 2 aromatic carbocycles. The van der Waals surface area contributed by atoms with E-state index in [0.717, 1.165) is 11.1 Å². The lowest BCUT2D eigenvalue weighted by molar-refractivity contribution is -0.143. The van der Waals surface area contributed by atoms with Crippen molar-refractivity contribution in [1.29, 1.82) is 0 Å². The monoisotopic (exact) mass is 428 g/mol. The Labute approximate surface area is 181 Å². The van der Waals surface area contributed by atoms with Crippen molar-refractivity contribution in [3.05, 3.63) is 65.7 Å². The average molecular weight is 428 g/mol. The Hall–Kier alpha value is -3.55. The zero-order valence-corrected chi connectivity index (χ0v) is 18.1. The summed E-state index contributed by atoms with van der Waals surface area (Å²) < 4.78 is 15.2. The first-order chi connectivity index (χ1) is 14.7. The predicted octanol–water partition coefficient (Wildman–Crippen LogP) is 4.04. The van der Waals surface area contributed by atoms with E-state index in [1.54, 1.807) is 45.0 Å². The van der Waals surface area contributed by atoms with Crippen molar-refractivity contribution in [3.63, 3.8) is 0 Å². The number of esters is 1. The molecule has 0 aliphatic heterocycles. The van der Waals surface area contributed by atoms with E-state index < -0.39 is 29.8 Å². The molecule has 0 aromatic heterocycles. The predicted molar refractivity (Wildman–Crippen MR) is 116 cm³/mol. The highest BCUT2D eigenvalue weighted by Crippen LogP contribution is 2.14. The van der Waals surface area contributed by atoms with Gasteiger partial charge in [0.25, 0.3) is 0 Å². The van der Waals surface area contributed by atoms with Crippen LogP contribution in [0.1, 0.15) is 31.9 Å². The zero-order chi connectivity index (χ0) is 22.9. The molecule has 2 aromatic rings. The maximum Gasteiger partial charge on any atom is 0.412 e. The van der Waals surface area contributed by atoms with Gasteiger partial charge in [-0.15, -0.1) is 0 Å². The molecule has 2 N–H and O–H groups in total. The number of benzene rings is 2. The highest BCUT2D eigenvalue weighted by Gasteiger charge is 2.23. The van der Waals surface area contributed by atoms with E-state index >= 15 is 0 Å². The first-order valence-corrected chi connectivity index (χ1v) is 9.80. The fourth-order valence-electron chi connectivity index (χ4n) is 2.62. The minimum absolute atomic E-state index is 0.0889. The summed E-state index contributed by atoms with van der Waals surface area (Å²) in [6.07, 6.45) is -1.09. The minimum atomic E-state index is -0.919. The van der Waals surface area contributed by atoms with Crippen LogP contribution in [-0.4, -0.2) is 36.9 Å². The molecule has 0 heterocycles. The topological polar surface area (TPSA) is 103 Å². The van der Waals surface area contributed by atoms with E-state index in [0.29, 0.717) is 5.69 Å². The van der Waals surface area contributed by atoms with Gasteiger partial charge in [-0.1, -0.05) is 42.5 Å². The van der Waals surface area contributed by atoms with Gasteiger partial charge in [0.15, 0.2) is 0 Å². The number of hydrogen-bond donors (Lipinski definition) is 2. The Morgan fingerprint density at radius 1 is 0.903 bits per heavy atom. The normalized spacial score (nSPS) is 11.7. The molecule has 2 rings (SSSR count). The quantitative estimate of drug-likeness (QED) is 0.510. The number of anilines is 1. The summed E-state index contributed by atoms with van der Waals surface area (Å²) in [6.45, 7) is 5.42. The van der Waals surface area contributed by atoms with Crippen LogP contribution >= 0.6 is 0 Å². The van der Waals surface area contributed by atoms with Crippen LogP contribution in [0, 0.1) is 0 Å². The van der Waals surface area contributed by atoms with Gasteiger partial charge in [0, 0.05) is 12.1 Å². The molecule has 8 heteroatoms. The van der Waals surface area contributed by atoms with Gasteiger partial charge in [0.05, 0.1) is 7.11 Å². The first kappa shape index (κ1) is 23.7. The summed E-state index contributed by atoms with van der Waals surface area (Å²) >= 11 is 0. The Morgan fingerprint density at radius 3 is 2.13 bits per heavy atom. The second-order valence-corrected chi connectivity index (χ2v) is 7.81. The van der Waals surface area contributed by atoms with Crippen LogP contribution in [-0.2, 0) is 32.0 Å². The lowest BCUT2D eigenvalue weighted by Gasteiger charge is -2.20. The van der Waals surface area contributed by atoms with Crippen LogP contribution < -0.4 is 10.6 Å². The summed E-state index contributed by atoms with van der Waals surface area (Å²) in [7, 11) is 1.25. The van der Waals surface area contributed by atoms with Crippen LogP contribution in [0.2, 0.25) is 0 Å². The zero-order valence-electron chi connectivity index (χ0n) is 18.1. The number of alkyl carbamates (subject to hydrolysis) is 1. The van der Waals surface area contributed by atoms with Crippen molar-refractivity contribution in [2.45, 2.75) is 45.4 Å². The lowest BCUT2D eigenvalue weighted by Crippen LogP contribution is -2.43. The molecule has 0 unspecified atom stereocenters. The third-order valence-corrected chi connectivity index (χ3v) is 4.03. The summed E-state index contributed by atoms with van der Waals surface area (Å²) in [5.41, 5.74) is 1.54. The molecule has 0 aliphatic rings. The molecule has 0 fully saturated rings. The van der Waals surface area contributed by atoms with E-state index in [-0.39, 0.29) is 13.0 Å². The highest BCUT2D eigenvalue weighted by atomic mass is 16.6. The summed E-state index contributed by atoms with van der Waals surface area (Å²) in [5.74, 6) is -0.590. The van der Waals surface area contributed by atoms with E-state index in [4.69, 9.17) is 14.2 Å². The van der Waals surface area contributed by atoms with E-state index in [1.807, 2.05) is 30.3 Å². The van der Waals surface area contributed by atoms with Crippen LogP contribution in [0.3, 0.4) is 0 Å². The Kier molecular flexibility index (Phi) is 8.43. The first-order valence-electron chi connectivity index (χ1n) is 9.80. The number of ether oxygens (including phenoxy) is 3. The van der Waals surface area contributed by atoms with E-state index in [9.17, 15) is 14.4 Å². The molecule has 0 spiro atoms. The average Bonchev–Trinajstić information content (AvgIpc) is 2.72. The van der Waals surface area contributed by atoms with Crippen molar-refractivity contribution in [2.75, 3.05) is 12.4 Å². The number of nitrogens with one attached hydrogen (secondary N) is 2. The molecule has 2 amide bonds. The Bertz CT molecular complexity index is 875. The largest absolute Gasteiger partial charge is 0.467 e. The van der Waals surface area contributed by atoms with Crippen LogP contribution in [0.25, 0.3) is 0 Å². The minimum Gasteiger partial charge on any atom is -0.467 e. The van der Waals surface area contributed by atoms with Gasteiger partial charge in [-0.25, -0.2) is 14.4 Å². The summed E-state index contributed by atoms with van der Waals surface area (Å²) in [6, 6.07) is 15.1. The number of rotatable bonds is 7. The smallest absolute Gasteiger partial charge is 0.412 e. The van der Waals surface area contributed by atoms with E-state index in [1.165, 1.54) is 7.11 Å². The molecule has 0 saturated heterocycles. The van der Waals surface area contributed by atoms with Crippen LogP contribution in [0.5, 0.6) is 0 Å². The van der Waals surface area contributed by atoms with Gasteiger partial charge in [0.1, 0.15) is 18.2 Å². The second-order valence-electron chi connectivity index (χ2n) is 7.81. The molecule has 0 saturated carbocycles. The molecular formula is C23H28N2O6. The lowest BCUT2D eigenvalue weighted by atomic mass is 10.1. The third kappa shape index (κ3) is 8.77. The Morgan fingerprint density at radius 2 is 1.55 bits per heavy atom. The summed E-state index contributed by atoms with van der Waals surface area (Å²) in [4.78, 5) is 36.1. The maximum absolute atomic E-state index is 12.1. The number of methoxy groups -OCH3 is 1. The van der Waals surface area contributed by atoms with Gasteiger partial charge in [0.2, 0.25) is 0 Å². The van der Waals surface area contributed by atoms with Gasteiger partial charge in [-0.2, -0.15) is 0 Å². The summed E-state index contributed by atoms with van der Waals surface area (Å²) in [5, 5.41) is 5.17. The molecule has 0 radical (unpaired) electrons. The fourth-order valence-corrected chi connectivity index (χ4v) is 2.62. The molecule has 166 valence electrons. The molecular weight excluding hydrogens is 400 g/mol. The Balaban J connectivity index is 1.93. The molecule has 31 heavy (non-hydrogen) atoms. The van der Waals surface area contributed by atoms with Gasteiger partial charge >= 0.3 is 18.2 Å². The number of carbonyl (C=O) groups excluding carboxylic acids is 3. The standard InChI is InChI=1S/C23H28N2O6/c1-23(2,3)31-22(28)24-18-12-10-16(11-13-18)14-19(20(26)29-4)25-21(27)30-15-17-8-6-5-7-9-17/h5-13,19H,14-15H2,1-4H3,(H,24,28)(H,25,27)/t19-/m0/s1. The second kappa shape index (κ2) is 11.0. The molecule has 1 atom stereocenters. The van der Waals surface area contributed by atoms with Gasteiger partial charge < -0.3 is 19.5 Å². The van der Waals surface area contributed by atoms with Crippen molar-refractivity contribution < 1.29 is 28.6 Å². The number of hydrogen-bond acceptors (Lipinski definition) is 6.